The molecule has 1 saturated carbocycles. The van der Waals surface area contributed by atoms with Gasteiger partial charge < -0.3 is 25.8 Å². The number of carbonyl (C=O) groups excluding carboxylic acids is 3. The van der Waals surface area contributed by atoms with Gasteiger partial charge in [0.15, 0.2) is 0 Å². The molecule has 184 valence electrons. The molecule has 2 aliphatic rings. The molecule has 3 amide bonds. The molecule has 0 aromatic heterocycles. The third kappa shape index (κ3) is 5.98. The Morgan fingerprint density at radius 1 is 0.857 bits per heavy atom. The maximum absolute atomic E-state index is 12.6. The van der Waals surface area contributed by atoms with Crippen molar-refractivity contribution < 1.29 is 29.0 Å². The largest absolute Gasteiger partial charge is 0.480 e. The standard InChI is InChI=1S/C26H29N3O6/c30-23(27-13-24(31)28-14-25(32)33)12-16-6-5-11-22(16)29-26(34)35-15-21-19-9-3-1-7-17(19)18-8-2-4-10-20(18)21/h1-4,7-10,16,21-22H,5-6,11-15H2,(H,27,30)(H,28,31)(H,29,34)(H,32,33)/t16-,22+/m0/s1. The van der Waals surface area contributed by atoms with Gasteiger partial charge in [0.2, 0.25) is 11.8 Å². The molecule has 0 radical (unpaired) electrons. The first-order valence-corrected chi connectivity index (χ1v) is 11.8. The molecule has 9 nitrogen and oxygen atoms in total. The number of benzene rings is 2. The zero-order valence-electron chi connectivity index (χ0n) is 19.3. The zero-order chi connectivity index (χ0) is 24.8. The van der Waals surface area contributed by atoms with Gasteiger partial charge >= 0.3 is 12.1 Å². The van der Waals surface area contributed by atoms with Crippen molar-refractivity contribution in [2.24, 2.45) is 5.92 Å². The molecule has 0 heterocycles. The summed E-state index contributed by atoms with van der Waals surface area (Å²) in [7, 11) is 0. The molecule has 0 unspecified atom stereocenters. The Bertz CT molecular complexity index is 1070. The van der Waals surface area contributed by atoms with Crippen molar-refractivity contribution >= 4 is 23.9 Å². The summed E-state index contributed by atoms with van der Waals surface area (Å²) in [6.45, 7) is -0.560. The number of alkyl carbamates (subject to hydrolysis) is 1. The topological polar surface area (TPSA) is 134 Å². The number of hydrogen-bond donors (Lipinski definition) is 4. The lowest BCUT2D eigenvalue weighted by atomic mass is 9.98. The van der Waals surface area contributed by atoms with Crippen molar-refractivity contribution in [3.63, 3.8) is 0 Å². The molecule has 9 heteroatoms. The van der Waals surface area contributed by atoms with E-state index in [2.05, 4.69) is 40.2 Å². The van der Waals surface area contributed by atoms with Crippen LogP contribution >= 0.6 is 0 Å². The highest BCUT2D eigenvalue weighted by Crippen LogP contribution is 2.44. The molecular formula is C26H29N3O6. The van der Waals surface area contributed by atoms with Crippen LogP contribution in [0.4, 0.5) is 4.79 Å². The minimum absolute atomic E-state index is 0.0226. The molecule has 0 saturated heterocycles. The van der Waals surface area contributed by atoms with E-state index in [9.17, 15) is 19.2 Å². The van der Waals surface area contributed by atoms with E-state index < -0.39 is 24.5 Å². The first-order valence-electron chi connectivity index (χ1n) is 11.8. The minimum atomic E-state index is -1.15. The first-order chi connectivity index (χ1) is 16.9. The third-order valence-corrected chi connectivity index (χ3v) is 6.64. The van der Waals surface area contributed by atoms with Crippen LogP contribution in [0.3, 0.4) is 0 Å². The predicted molar refractivity (Wildman–Crippen MR) is 128 cm³/mol. The lowest BCUT2D eigenvalue weighted by Gasteiger charge is -2.21. The monoisotopic (exact) mass is 479 g/mol. The van der Waals surface area contributed by atoms with Gasteiger partial charge in [0.05, 0.1) is 6.54 Å². The fourth-order valence-electron chi connectivity index (χ4n) is 4.99. The highest BCUT2D eigenvalue weighted by molar-refractivity contribution is 5.86. The fraction of sp³-hybridized carbons (Fsp3) is 0.385. The number of nitrogens with one attached hydrogen (secondary N) is 3. The van der Waals surface area contributed by atoms with Crippen LogP contribution in [0, 0.1) is 5.92 Å². The summed E-state index contributed by atoms with van der Waals surface area (Å²) < 4.78 is 5.63. The Hall–Kier alpha value is -3.88. The molecular weight excluding hydrogens is 450 g/mol. The molecule has 2 aliphatic carbocycles. The number of carbonyl (C=O) groups is 4. The fourth-order valence-corrected chi connectivity index (χ4v) is 4.99. The van der Waals surface area contributed by atoms with E-state index in [1.807, 2.05) is 24.3 Å². The van der Waals surface area contributed by atoms with E-state index in [0.717, 1.165) is 41.5 Å². The van der Waals surface area contributed by atoms with Crippen molar-refractivity contribution in [3.8, 4) is 11.1 Å². The highest BCUT2D eigenvalue weighted by atomic mass is 16.5. The Kier molecular flexibility index (Phi) is 7.64. The van der Waals surface area contributed by atoms with Gasteiger partial charge in [0, 0.05) is 18.4 Å². The maximum atomic E-state index is 12.6. The summed E-state index contributed by atoms with van der Waals surface area (Å²) in [4.78, 5) is 46.9. The number of rotatable bonds is 9. The van der Waals surface area contributed by atoms with E-state index in [-0.39, 0.29) is 43.4 Å². The Morgan fingerprint density at radius 2 is 1.49 bits per heavy atom. The second kappa shape index (κ2) is 11.0. The number of amides is 3. The Balaban J connectivity index is 1.26. The molecule has 0 spiro atoms. The summed E-state index contributed by atoms with van der Waals surface area (Å²) >= 11 is 0. The smallest absolute Gasteiger partial charge is 0.407 e. The number of carboxylic acid groups (broad SMARTS) is 1. The zero-order valence-corrected chi connectivity index (χ0v) is 19.3. The van der Waals surface area contributed by atoms with E-state index in [1.54, 1.807) is 0 Å². The quantitative estimate of drug-likeness (QED) is 0.436. The SMILES string of the molecule is O=C(O)CNC(=O)CNC(=O)C[C@@H]1CCC[C@H]1NC(=O)OCC1c2ccccc2-c2ccccc21. The van der Waals surface area contributed by atoms with E-state index >= 15 is 0 Å². The van der Waals surface area contributed by atoms with Crippen molar-refractivity contribution in [2.45, 2.75) is 37.6 Å². The van der Waals surface area contributed by atoms with Crippen molar-refractivity contribution in [1.29, 1.82) is 0 Å². The Labute approximate surface area is 203 Å². The van der Waals surface area contributed by atoms with E-state index in [1.165, 1.54) is 0 Å². The summed E-state index contributed by atoms with van der Waals surface area (Å²) in [5, 5.41) is 16.2. The van der Waals surface area contributed by atoms with Crippen LogP contribution in [0.5, 0.6) is 0 Å². The number of carboxylic acids is 1. The average Bonchev–Trinajstić information content (AvgIpc) is 3.41. The van der Waals surface area contributed by atoms with Crippen LogP contribution in [0.25, 0.3) is 11.1 Å². The molecule has 2 aromatic carbocycles. The molecule has 1 fully saturated rings. The van der Waals surface area contributed by atoms with Crippen LogP contribution in [0.2, 0.25) is 0 Å². The van der Waals surface area contributed by atoms with Gasteiger partial charge in [-0.1, -0.05) is 55.0 Å². The van der Waals surface area contributed by atoms with Crippen LogP contribution < -0.4 is 16.0 Å². The first kappa shape index (κ1) is 24.3. The van der Waals surface area contributed by atoms with Crippen molar-refractivity contribution in [1.82, 2.24) is 16.0 Å². The van der Waals surface area contributed by atoms with Gasteiger partial charge in [-0.25, -0.2) is 4.79 Å². The lowest BCUT2D eigenvalue weighted by molar-refractivity contribution is -0.137. The van der Waals surface area contributed by atoms with E-state index in [4.69, 9.17) is 9.84 Å². The predicted octanol–water partition coefficient (Wildman–Crippen LogP) is 2.40. The van der Waals surface area contributed by atoms with Crippen LogP contribution in [0.1, 0.15) is 42.7 Å². The Morgan fingerprint density at radius 3 is 2.14 bits per heavy atom. The van der Waals surface area contributed by atoms with Crippen molar-refractivity contribution in [3.05, 3.63) is 59.7 Å². The number of aliphatic carboxylic acids is 1. The third-order valence-electron chi connectivity index (χ3n) is 6.64. The molecule has 0 bridgehead atoms. The molecule has 2 atom stereocenters. The average molecular weight is 480 g/mol. The molecule has 4 N–H and O–H groups in total. The molecule has 35 heavy (non-hydrogen) atoms. The summed E-state index contributed by atoms with van der Waals surface area (Å²) in [6.07, 6.45) is 2.08. The second-order valence-corrected chi connectivity index (χ2v) is 8.92. The van der Waals surface area contributed by atoms with Gasteiger partial charge in [-0.05, 0) is 41.0 Å². The van der Waals surface area contributed by atoms with E-state index in [0.29, 0.717) is 0 Å². The number of ether oxygens (including phenoxy) is 1. The minimum Gasteiger partial charge on any atom is -0.480 e. The summed E-state index contributed by atoms with van der Waals surface area (Å²) in [5.41, 5.74) is 4.61. The van der Waals surface area contributed by atoms with Crippen LogP contribution in [-0.2, 0) is 19.1 Å². The molecule has 4 rings (SSSR count). The second-order valence-electron chi connectivity index (χ2n) is 8.92. The van der Waals surface area contributed by atoms with Gasteiger partial charge in [-0.15, -0.1) is 0 Å². The number of fused-ring (bicyclic) bond motifs is 3. The molecule has 2 aromatic rings. The van der Waals surface area contributed by atoms with Crippen molar-refractivity contribution in [2.75, 3.05) is 19.7 Å². The van der Waals surface area contributed by atoms with Crippen LogP contribution in [-0.4, -0.2) is 54.7 Å². The normalized spacial score (nSPS) is 18.3. The van der Waals surface area contributed by atoms with Gasteiger partial charge in [-0.2, -0.15) is 0 Å². The van der Waals surface area contributed by atoms with Crippen LogP contribution in [0.15, 0.2) is 48.5 Å². The summed E-state index contributed by atoms with van der Waals surface area (Å²) in [6, 6.07) is 16.1. The lowest BCUT2D eigenvalue weighted by Crippen LogP contribution is -2.42. The maximum Gasteiger partial charge on any atom is 0.407 e. The van der Waals surface area contributed by atoms with Gasteiger partial charge in [-0.3, -0.25) is 14.4 Å². The highest BCUT2D eigenvalue weighted by Gasteiger charge is 2.32. The van der Waals surface area contributed by atoms with Gasteiger partial charge in [0.1, 0.15) is 13.2 Å². The molecule has 0 aliphatic heterocycles. The van der Waals surface area contributed by atoms with Gasteiger partial charge in [0.25, 0.3) is 0 Å². The number of hydrogen-bond acceptors (Lipinski definition) is 5. The summed E-state index contributed by atoms with van der Waals surface area (Å²) in [5.74, 6) is -2.12.